The molecule has 1 amide bonds. The molecule has 2 aromatic rings. The minimum Gasteiger partial charge on any atom is -0.494 e. The molecule has 0 unspecified atom stereocenters. The second-order valence-electron chi connectivity index (χ2n) is 5.79. The Morgan fingerprint density at radius 2 is 2.08 bits per heavy atom. The molecule has 0 radical (unpaired) electrons. The lowest BCUT2D eigenvalue weighted by Crippen LogP contribution is -2.26. The van der Waals surface area contributed by atoms with Gasteiger partial charge < -0.3 is 5.11 Å². The highest BCUT2D eigenvalue weighted by atomic mass is 32.1. The Morgan fingerprint density at radius 3 is 2.72 bits per heavy atom. The van der Waals surface area contributed by atoms with Gasteiger partial charge >= 0.3 is 0 Å². The topological polar surface area (TPSA) is 90.7 Å². The van der Waals surface area contributed by atoms with E-state index in [1.165, 1.54) is 9.58 Å². The Bertz CT molecular complexity index is 962. The highest BCUT2D eigenvalue weighted by molar-refractivity contribution is 7.71. The lowest BCUT2D eigenvalue weighted by atomic mass is 9.99. The van der Waals surface area contributed by atoms with Crippen LogP contribution in [0.5, 0.6) is 5.88 Å². The van der Waals surface area contributed by atoms with E-state index >= 15 is 0 Å². The molecule has 1 aliphatic rings. The highest BCUT2D eigenvalue weighted by Gasteiger charge is 2.34. The molecule has 2 N–H and O–H groups in total. The van der Waals surface area contributed by atoms with Crippen LogP contribution < -0.4 is 5.56 Å². The van der Waals surface area contributed by atoms with Crippen LogP contribution in [-0.2, 0) is 11.8 Å². The largest absolute Gasteiger partial charge is 0.494 e. The van der Waals surface area contributed by atoms with Crippen LogP contribution in [0.25, 0.3) is 0 Å². The zero-order chi connectivity index (χ0) is 18.1. The van der Waals surface area contributed by atoms with Crippen LogP contribution in [0.1, 0.15) is 36.9 Å². The van der Waals surface area contributed by atoms with E-state index < -0.39 is 5.56 Å². The summed E-state index contributed by atoms with van der Waals surface area (Å²) in [6, 6.07) is 9.18. The van der Waals surface area contributed by atoms with Crippen molar-refractivity contribution in [3.8, 4) is 5.88 Å². The SMILES string of the molecule is CCC(=O)N1N=C(c2c(O)n(C)c(=S)[nH]c2=O)C[C@@H]1c1ccccc1. The summed E-state index contributed by atoms with van der Waals surface area (Å²) < 4.78 is 1.42. The van der Waals surface area contributed by atoms with Crippen molar-refractivity contribution in [1.82, 2.24) is 14.6 Å². The molecule has 1 aliphatic heterocycles. The van der Waals surface area contributed by atoms with Gasteiger partial charge in [0.25, 0.3) is 5.56 Å². The van der Waals surface area contributed by atoms with Gasteiger partial charge in [0.05, 0.1) is 11.8 Å². The average Bonchev–Trinajstić information content (AvgIpc) is 3.05. The third-order valence-corrected chi connectivity index (χ3v) is 4.61. The van der Waals surface area contributed by atoms with Gasteiger partial charge in [-0.1, -0.05) is 37.3 Å². The third-order valence-electron chi connectivity index (χ3n) is 4.23. The number of hydrogen-bond acceptors (Lipinski definition) is 5. The first kappa shape index (κ1) is 17.1. The Labute approximate surface area is 149 Å². The number of hydrazone groups is 1. The number of aromatic hydroxyl groups is 1. The second kappa shape index (κ2) is 6.64. The fourth-order valence-corrected chi connectivity index (χ4v) is 3.04. The van der Waals surface area contributed by atoms with Crippen molar-refractivity contribution >= 4 is 23.8 Å². The van der Waals surface area contributed by atoms with Crippen molar-refractivity contribution in [3.63, 3.8) is 0 Å². The predicted octanol–water partition coefficient (Wildman–Crippen LogP) is 2.24. The van der Waals surface area contributed by atoms with E-state index in [0.717, 1.165) is 5.56 Å². The first-order valence-corrected chi connectivity index (χ1v) is 8.32. The smallest absolute Gasteiger partial charge is 0.264 e. The van der Waals surface area contributed by atoms with E-state index in [1.54, 1.807) is 14.0 Å². The quantitative estimate of drug-likeness (QED) is 0.823. The summed E-state index contributed by atoms with van der Waals surface area (Å²) in [7, 11) is 1.55. The molecule has 8 heteroatoms. The summed E-state index contributed by atoms with van der Waals surface area (Å²) in [6.07, 6.45) is 0.629. The lowest BCUT2D eigenvalue weighted by Gasteiger charge is -2.21. The number of aromatic amines is 1. The van der Waals surface area contributed by atoms with Gasteiger partial charge in [-0.2, -0.15) is 5.10 Å². The molecule has 1 aromatic carbocycles. The molecule has 1 aromatic heterocycles. The van der Waals surface area contributed by atoms with E-state index in [9.17, 15) is 14.7 Å². The van der Waals surface area contributed by atoms with E-state index in [0.29, 0.717) is 18.6 Å². The molecule has 0 fully saturated rings. The van der Waals surface area contributed by atoms with E-state index in [1.807, 2.05) is 30.3 Å². The van der Waals surface area contributed by atoms with Gasteiger partial charge in [-0.3, -0.25) is 19.1 Å². The average molecular weight is 358 g/mol. The van der Waals surface area contributed by atoms with Crippen LogP contribution >= 0.6 is 12.2 Å². The molecular weight excluding hydrogens is 340 g/mol. The zero-order valence-electron chi connectivity index (χ0n) is 13.9. The Kier molecular flexibility index (Phi) is 4.54. The minimum atomic E-state index is -0.517. The molecule has 7 nitrogen and oxygen atoms in total. The fraction of sp³-hybridized carbons (Fsp3) is 0.294. The van der Waals surface area contributed by atoms with Gasteiger partial charge in [0.1, 0.15) is 5.56 Å². The Balaban J connectivity index is 2.10. The number of aromatic nitrogens is 2. The van der Waals surface area contributed by atoms with Crippen LogP contribution in [0, 0.1) is 4.77 Å². The number of nitrogens with zero attached hydrogens (tertiary/aromatic N) is 3. The molecule has 0 saturated heterocycles. The summed E-state index contributed by atoms with van der Waals surface area (Å²) >= 11 is 4.99. The number of carbonyl (C=O) groups is 1. The van der Waals surface area contributed by atoms with Gasteiger partial charge in [-0.15, -0.1) is 0 Å². The van der Waals surface area contributed by atoms with Crippen LogP contribution in [0.2, 0.25) is 0 Å². The molecule has 0 saturated carbocycles. The standard InChI is InChI=1S/C17H18N4O3S/c1-3-13(22)21-12(10-7-5-4-6-8-10)9-11(19-21)14-15(23)18-17(25)20(2)16(14)24/h4-8,12,24H,3,9H2,1-2H3,(H,18,23,25)/t12-/m1/s1. The summed E-state index contributed by atoms with van der Waals surface area (Å²) in [5.74, 6) is -0.408. The molecule has 2 heterocycles. The number of benzene rings is 1. The first-order chi connectivity index (χ1) is 11.9. The number of hydrogen-bond donors (Lipinski definition) is 2. The van der Waals surface area contributed by atoms with Crippen molar-refractivity contribution in [2.75, 3.05) is 0 Å². The summed E-state index contributed by atoms with van der Waals surface area (Å²) in [5.41, 5.74) is 0.809. The monoisotopic (exact) mass is 358 g/mol. The summed E-state index contributed by atoms with van der Waals surface area (Å²) in [4.78, 5) is 27.1. The van der Waals surface area contributed by atoms with Gasteiger partial charge in [0.15, 0.2) is 4.77 Å². The van der Waals surface area contributed by atoms with Crippen LogP contribution in [-0.4, -0.2) is 31.3 Å². The number of H-pyrrole nitrogens is 1. The van der Waals surface area contributed by atoms with Crippen molar-refractivity contribution < 1.29 is 9.90 Å². The van der Waals surface area contributed by atoms with Crippen LogP contribution in [0.3, 0.4) is 0 Å². The van der Waals surface area contributed by atoms with Gasteiger partial charge in [-0.25, -0.2) is 5.01 Å². The van der Waals surface area contributed by atoms with Crippen molar-refractivity contribution in [2.45, 2.75) is 25.8 Å². The maximum atomic E-state index is 12.3. The third kappa shape index (κ3) is 3.00. The molecule has 0 bridgehead atoms. The van der Waals surface area contributed by atoms with E-state index in [-0.39, 0.29) is 28.2 Å². The lowest BCUT2D eigenvalue weighted by molar-refractivity contribution is -0.132. The number of rotatable bonds is 3. The molecular formula is C17H18N4O3S. The molecule has 0 spiro atoms. The minimum absolute atomic E-state index is 0.0448. The van der Waals surface area contributed by atoms with Gasteiger partial charge in [-0.05, 0) is 17.8 Å². The van der Waals surface area contributed by atoms with Crippen molar-refractivity contribution in [1.29, 1.82) is 0 Å². The van der Waals surface area contributed by atoms with E-state index in [4.69, 9.17) is 12.2 Å². The van der Waals surface area contributed by atoms with Crippen LogP contribution in [0.4, 0.5) is 0 Å². The molecule has 1 atom stereocenters. The Morgan fingerprint density at radius 1 is 1.40 bits per heavy atom. The Hall–Kier alpha value is -2.74. The maximum Gasteiger partial charge on any atom is 0.264 e. The van der Waals surface area contributed by atoms with E-state index in [2.05, 4.69) is 10.1 Å². The molecule has 130 valence electrons. The summed E-state index contributed by atoms with van der Waals surface area (Å²) in [6.45, 7) is 1.76. The highest BCUT2D eigenvalue weighted by Crippen LogP contribution is 2.33. The van der Waals surface area contributed by atoms with Crippen LogP contribution in [0.15, 0.2) is 40.2 Å². The van der Waals surface area contributed by atoms with Crippen molar-refractivity contribution in [2.24, 2.45) is 12.1 Å². The fourth-order valence-electron chi connectivity index (χ4n) is 2.86. The normalized spacial score (nSPS) is 16.8. The molecule has 25 heavy (non-hydrogen) atoms. The zero-order valence-corrected chi connectivity index (χ0v) is 14.7. The number of amides is 1. The first-order valence-electron chi connectivity index (χ1n) is 7.91. The van der Waals surface area contributed by atoms with Gasteiger partial charge in [0.2, 0.25) is 11.8 Å². The summed E-state index contributed by atoms with van der Waals surface area (Å²) in [5, 5.41) is 16.1. The predicted molar refractivity (Wildman–Crippen MR) is 96.0 cm³/mol. The van der Waals surface area contributed by atoms with Gasteiger partial charge in [0, 0.05) is 19.9 Å². The molecule has 3 rings (SSSR count). The van der Waals surface area contributed by atoms with Crippen molar-refractivity contribution in [3.05, 3.63) is 56.6 Å². The second-order valence-corrected chi connectivity index (χ2v) is 6.17. The number of carbonyl (C=O) groups excluding carboxylic acids is 1. The maximum absolute atomic E-state index is 12.3. The number of nitrogens with one attached hydrogen (secondary N) is 1. The molecule has 0 aliphatic carbocycles.